The van der Waals surface area contributed by atoms with Gasteiger partial charge < -0.3 is 5.32 Å². The fraction of sp³-hybridized carbons (Fsp3) is 0.182. The van der Waals surface area contributed by atoms with Crippen LogP contribution in [0, 0.1) is 0 Å². The number of benzene rings is 2. The number of nitrogens with zero attached hydrogens (tertiary/aromatic N) is 3. The molecule has 146 valence electrons. The van der Waals surface area contributed by atoms with Crippen LogP contribution in [0.2, 0.25) is 0 Å². The molecular weight excluding hydrogens is 384 g/mol. The summed E-state index contributed by atoms with van der Waals surface area (Å²) in [5, 5.41) is 12.1. The third-order valence-electron chi connectivity index (χ3n) is 4.57. The smallest absolute Gasteiger partial charge is 0.305 e. The quantitative estimate of drug-likeness (QED) is 0.371. The molecule has 7 heteroatoms. The lowest BCUT2D eigenvalue weighted by atomic mass is 10.1. The average Bonchev–Trinajstić information content (AvgIpc) is 3.11. The van der Waals surface area contributed by atoms with E-state index in [2.05, 4.69) is 27.6 Å². The van der Waals surface area contributed by atoms with Crippen LogP contribution in [0.1, 0.15) is 11.3 Å². The van der Waals surface area contributed by atoms with E-state index in [4.69, 9.17) is 0 Å². The summed E-state index contributed by atoms with van der Waals surface area (Å²) in [5.74, 6) is -0.655. The molecule has 1 amide bonds. The highest BCUT2D eigenvalue weighted by Gasteiger charge is 2.31. The van der Waals surface area contributed by atoms with Crippen molar-refractivity contribution in [2.45, 2.75) is 13.0 Å². The number of rotatable bonds is 7. The Labute approximate surface area is 173 Å². The second-order valence-electron chi connectivity index (χ2n) is 6.67. The molecule has 0 atom stereocenters. The maximum atomic E-state index is 11.9. The van der Waals surface area contributed by atoms with Gasteiger partial charge >= 0.3 is 5.91 Å². The van der Waals surface area contributed by atoms with E-state index < -0.39 is 5.91 Å². The molecule has 1 fully saturated rings. The normalized spacial score (nSPS) is 13.9. The number of ketones is 1. The number of hydrogen-bond donors (Lipinski definition) is 1. The molecule has 29 heavy (non-hydrogen) atoms. The van der Waals surface area contributed by atoms with Crippen LogP contribution in [-0.2, 0) is 22.6 Å². The first kappa shape index (κ1) is 19.3. The topological polar surface area (TPSA) is 75.2 Å². The van der Waals surface area contributed by atoms with E-state index in [1.165, 1.54) is 21.8 Å². The molecule has 6 nitrogen and oxygen atoms in total. The van der Waals surface area contributed by atoms with Gasteiger partial charge in [0.15, 0.2) is 0 Å². The molecule has 4 rings (SSSR count). The molecule has 0 radical (unpaired) electrons. The first-order valence-corrected chi connectivity index (χ1v) is 10.3. The molecule has 0 aliphatic carbocycles. The van der Waals surface area contributed by atoms with Gasteiger partial charge in [0.1, 0.15) is 0 Å². The zero-order valence-electron chi connectivity index (χ0n) is 15.7. The molecule has 2 heterocycles. The van der Waals surface area contributed by atoms with Gasteiger partial charge in [0.25, 0.3) is 0 Å². The number of nitrogens with one attached hydrogen (secondary N) is 1. The maximum Gasteiger partial charge on any atom is 0.305 e. The fourth-order valence-electron chi connectivity index (χ4n) is 3.03. The third-order valence-corrected chi connectivity index (χ3v) is 5.60. The van der Waals surface area contributed by atoms with Crippen molar-refractivity contribution < 1.29 is 9.59 Å². The molecule has 1 aromatic heterocycles. The van der Waals surface area contributed by atoms with Crippen LogP contribution in [0.25, 0.3) is 11.3 Å². The minimum absolute atomic E-state index is 0.190. The van der Waals surface area contributed by atoms with E-state index in [0.717, 1.165) is 36.5 Å². The van der Waals surface area contributed by atoms with E-state index in [1.807, 2.05) is 54.6 Å². The number of carbonyl (C=O) groups is 2. The highest BCUT2D eigenvalue weighted by molar-refractivity contribution is 8.03. The Hall–Kier alpha value is -3.03. The predicted molar refractivity (Wildman–Crippen MR) is 114 cm³/mol. The number of Topliss-reactive ketones (excluding diaryl/α,β-unsaturated/α-hetero) is 1. The number of hydrogen-bond acceptors (Lipinski definition) is 6. The molecule has 0 saturated carbocycles. The van der Waals surface area contributed by atoms with E-state index in [1.54, 1.807) is 0 Å². The average molecular weight is 404 g/mol. The van der Waals surface area contributed by atoms with Gasteiger partial charge in [-0.2, -0.15) is 10.2 Å². The van der Waals surface area contributed by atoms with Crippen molar-refractivity contribution in [3.8, 4) is 11.3 Å². The first-order valence-electron chi connectivity index (χ1n) is 9.38. The summed E-state index contributed by atoms with van der Waals surface area (Å²) < 4.78 is 1.44. The van der Waals surface area contributed by atoms with Gasteiger partial charge in [-0.25, -0.2) is 4.31 Å². The SMILES string of the molecule is O=C1CSN(c2cccc(-c3ccc(CCNCc4ccccc4)nn3)c2)C1=O. The van der Waals surface area contributed by atoms with Gasteiger partial charge in [0, 0.05) is 25.1 Å². The van der Waals surface area contributed by atoms with Crippen molar-refractivity contribution in [3.05, 3.63) is 78.0 Å². The molecular formula is C22H20N4O2S. The van der Waals surface area contributed by atoms with Gasteiger partial charge in [-0.15, -0.1) is 0 Å². The van der Waals surface area contributed by atoms with Crippen molar-refractivity contribution in [3.63, 3.8) is 0 Å². The molecule has 2 aromatic carbocycles. The predicted octanol–water partition coefficient (Wildman–Crippen LogP) is 3.04. The first-order chi connectivity index (χ1) is 14.2. The van der Waals surface area contributed by atoms with Crippen LogP contribution in [-0.4, -0.2) is 34.2 Å². The van der Waals surface area contributed by atoms with E-state index in [9.17, 15) is 9.59 Å². The molecule has 1 N–H and O–H groups in total. The van der Waals surface area contributed by atoms with Crippen LogP contribution in [0.4, 0.5) is 5.69 Å². The Morgan fingerprint density at radius 2 is 1.83 bits per heavy atom. The zero-order valence-corrected chi connectivity index (χ0v) is 16.6. The lowest BCUT2D eigenvalue weighted by molar-refractivity contribution is -0.133. The lowest BCUT2D eigenvalue weighted by Gasteiger charge is -2.13. The lowest BCUT2D eigenvalue weighted by Crippen LogP contribution is -2.22. The summed E-state index contributed by atoms with van der Waals surface area (Å²) in [6, 6.07) is 21.6. The Balaban J connectivity index is 1.36. The van der Waals surface area contributed by atoms with Crippen molar-refractivity contribution >= 4 is 29.3 Å². The number of aromatic nitrogens is 2. The molecule has 0 bridgehead atoms. The molecule has 3 aromatic rings. The maximum absolute atomic E-state index is 11.9. The molecule has 1 aliphatic heterocycles. The van der Waals surface area contributed by atoms with Gasteiger partial charge in [-0.05, 0) is 41.8 Å². The Bertz CT molecular complexity index is 1010. The number of carbonyl (C=O) groups excluding carboxylic acids is 2. The van der Waals surface area contributed by atoms with Crippen LogP contribution in [0.3, 0.4) is 0 Å². The van der Waals surface area contributed by atoms with Crippen molar-refractivity contribution in [1.29, 1.82) is 0 Å². The molecule has 0 unspecified atom stereocenters. The van der Waals surface area contributed by atoms with Gasteiger partial charge in [0.2, 0.25) is 5.78 Å². The summed E-state index contributed by atoms with van der Waals surface area (Å²) in [7, 11) is 0. The summed E-state index contributed by atoms with van der Waals surface area (Å²) in [6.07, 6.45) is 0.793. The van der Waals surface area contributed by atoms with E-state index in [0.29, 0.717) is 5.69 Å². The summed E-state index contributed by atoms with van der Waals surface area (Å²) in [5.41, 5.74) is 4.44. The van der Waals surface area contributed by atoms with Gasteiger partial charge in [0.05, 0.1) is 22.8 Å². The van der Waals surface area contributed by atoms with Crippen molar-refractivity contribution in [1.82, 2.24) is 15.5 Å². The minimum atomic E-state index is -0.475. The second kappa shape index (κ2) is 8.98. The van der Waals surface area contributed by atoms with Gasteiger partial charge in [-0.3, -0.25) is 9.59 Å². The van der Waals surface area contributed by atoms with Crippen LogP contribution >= 0.6 is 11.9 Å². The highest BCUT2D eigenvalue weighted by Crippen LogP contribution is 2.30. The number of amides is 1. The zero-order chi connectivity index (χ0) is 20.1. The Kier molecular flexibility index (Phi) is 5.97. The summed E-state index contributed by atoms with van der Waals surface area (Å²) >= 11 is 1.22. The van der Waals surface area contributed by atoms with Crippen LogP contribution in [0.5, 0.6) is 0 Å². The van der Waals surface area contributed by atoms with Crippen LogP contribution < -0.4 is 9.62 Å². The van der Waals surface area contributed by atoms with Gasteiger partial charge in [-0.1, -0.05) is 42.5 Å². The fourth-order valence-corrected chi connectivity index (χ4v) is 3.88. The monoisotopic (exact) mass is 404 g/mol. The summed E-state index contributed by atoms with van der Waals surface area (Å²) in [6.45, 7) is 1.65. The number of anilines is 1. The molecule has 0 spiro atoms. The standard InChI is InChI=1S/C22H20N4O2S/c27-21-15-29-26(22(21)28)19-8-4-7-17(13-19)20-10-9-18(24-25-20)11-12-23-14-16-5-2-1-3-6-16/h1-10,13,23H,11-12,14-15H2. The van der Waals surface area contributed by atoms with Crippen molar-refractivity contribution in [2.24, 2.45) is 0 Å². The van der Waals surface area contributed by atoms with Crippen LogP contribution in [0.15, 0.2) is 66.7 Å². The molecule has 1 saturated heterocycles. The minimum Gasteiger partial charge on any atom is -0.312 e. The third kappa shape index (κ3) is 4.70. The van der Waals surface area contributed by atoms with Crippen molar-refractivity contribution in [2.75, 3.05) is 16.6 Å². The van der Waals surface area contributed by atoms with E-state index >= 15 is 0 Å². The second-order valence-corrected chi connectivity index (χ2v) is 7.58. The van der Waals surface area contributed by atoms with E-state index in [-0.39, 0.29) is 11.5 Å². The molecule has 1 aliphatic rings. The highest BCUT2D eigenvalue weighted by atomic mass is 32.2. The Morgan fingerprint density at radius 1 is 0.966 bits per heavy atom. The Morgan fingerprint density at radius 3 is 2.55 bits per heavy atom. The largest absolute Gasteiger partial charge is 0.312 e. The summed E-state index contributed by atoms with van der Waals surface area (Å²) in [4.78, 5) is 23.4.